The maximum atomic E-state index is 12.1. The number of morpholine rings is 1. The summed E-state index contributed by atoms with van der Waals surface area (Å²) in [5.74, 6) is -0.598. The highest BCUT2D eigenvalue weighted by Crippen LogP contribution is 2.24. The number of hydrogen-bond donors (Lipinski definition) is 0. The van der Waals surface area contributed by atoms with Crippen LogP contribution >= 0.6 is 0 Å². The molecule has 1 saturated heterocycles. The van der Waals surface area contributed by atoms with E-state index < -0.39 is 18.5 Å². The van der Waals surface area contributed by atoms with Gasteiger partial charge >= 0.3 is 5.97 Å². The standard InChI is InChI=1S/C20H28N2O6/c1-14-9-15(2)20(16(3)10-14)28-13-19(25)27-12-18(24)21(4)11-17(23)22-5-7-26-8-6-22/h9-10H,5-8,11-13H2,1-4H3. The largest absolute Gasteiger partial charge is 0.481 e. The van der Waals surface area contributed by atoms with Crippen LogP contribution in [-0.4, -0.2) is 80.7 Å². The Bertz CT molecular complexity index is 704. The highest BCUT2D eigenvalue weighted by Gasteiger charge is 2.21. The second kappa shape index (κ2) is 10.1. The van der Waals surface area contributed by atoms with Crippen LogP contribution in [0.3, 0.4) is 0 Å². The van der Waals surface area contributed by atoms with Crippen molar-refractivity contribution in [1.29, 1.82) is 0 Å². The molecule has 1 aromatic carbocycles. The van der Waals surface area contributed by atoms with E-state index in [-0.39, 0.29) is 19.1 Å². The van der Waals surface area contributed by atoms with Crippen molar-refractivity contribution >= 4 is 17.8 Å². The summed E-state index contributed by atoms with van der Waals surface area (Å²) in [6, 6.07) is 3.94. The SMILES string of the molecule is Cc1cc(C)c(OCC(=O)OCC(=O)N(C)CC(=O)N2CCOCC2)c(C)c1. The smallest absolute Gasteiger partial charge is 0.344 e. The van der Waals surface area contributed by atoms with Crippen molar-refractivity contribution in [1.82, 2.24) is 9.80 Å². The van der Waals surface area contributed by atoms with Gasteiger partial charge in [0, 0.05) is 20.1 Å². The first kappa shape index (κ1) is 21.7. The molecule has 1 fully saturated rings. The van der Waals surface area contributed by atoms with E-state index in [1.54, 1.807) is 4.90 Å². The predicted octanol–water partition coefficient (Wildman–Crippen LogP) is 0.851. The third-order valence-corrected chi connectivity index (χ3v) is 4.46. The van der Waals surface area contributed by atoms with Gasteiger partial charge in [0.15, 0.2) is 13.2 Å². The van der Waals surface area contributed by atoms with Gasteiger partial charge in [0.25, 0.3) is 5.91 Å². The second-order valence-electron chi connectivity index (χ2n) is 6.92. The summed E-state index contributed by atoms with van der Waals surface area (Å²) in [7, 11) is 1.50. The minimum absolute atomic E-state index is 0.0609. The fourth-order valence-electron chi connectivity index (χ4n) is 3.02. The third-order valence-electron chi connectivity index (χ3n) is 4.46. The van der Waals surface area contributed by atoms with E-state index in [4.69, 9.17) is 14.2 Å². The van der Waals surface area contributed by atoms with E-state index in [0.717, 1.165) is 16.7 Å². The van der Waals surface area contributed by atoms with E-state index in [1.807, 2.05) is 32.9 Å². The van der Waals surface area contributed by atoms with Crippen LogP contribution in [-0.2, 0) is 23.9 Å². The normalized spacial score (nSPS) is 13.8. The van der Waals surface area contributed by atoms with Crippen molar-refractivity contribution in [2.75, 3.05) is 53.1 Å². The molecule has 0 saturated carbocycles. The number of ether oxygens (including phenoxy) is 3. The van der Waals surface area contributed by atoms with E-state index in [1.165, 1.54) is 11.9 Å². The summed E-state index contributed by atoms with van der Waals surface area (Å²) in [5, 5.41) is 0. The van der Waals surface area contributed by atoms with E-state index in [2.05, 4.69) is 0 Å². The first-order chi connectivity index (χ1) is 13.3. The minimum atomic E-state index is -0.638. The molecule has 2 amide bonds. The van der Waals surface area contributed by atoms with E-state index in [9.17, 15) is 14.4 Å². The van der Waals surface area contributed by atoms with Gasteiger partial charge in [-0.05, 0) is 31.9 Å². The summed E-state index contributed by atoms with van der Waals surface area (Å²) in [4.78, 5) is 39.0. The molecule has 1 heterocycles. The van der Waals surface area contributed by atoms with Crippen molar-refractivity contribution in [2.45, 2.75) is 20.8 Å². The van der Waals surface area contributed by atoms with Crippen LogP contribution in [0, 0.1) is 20.8 Å². The molecule has 0 atom stereocenters. The fraction of sp³-hybridized carbons (Fsp3) is 0.550. The quantitative estimate of drug-likeness (QED) is 0.640. The molecule has 0 bridgehead atoms. The molecule has 8 heteroatoms. The van der Waals surface area contributed by atoms with Crippen molar-refractivity contribution < 1.29 is 28.6 Å². The monoisotopic (exact) mass is 392 g/mol. The van der Waals surface area contributed by atoms with Gasteiger partial charge in [-0.3, -0.25) is 9.59 Å². The Morgan fingerprint density at radius 1 is 1.07 bits per heavy atom. The molecule has 8 nitrogen and oxygen atoms in total. The molecule has 0 unspecified atom stereocenters. The summed E-state index contributed by atoms with van der Waals surface area (Å²) in [5.41, 5.74) is 2.98. The van der Waals surface area contributed by atoms with Crippen molar-refractivity contribution in [3.8, 4) is 5.75 Å². The lowest BCUT2D eigenvalue weighted by atomic mass is 10.1. The van der Waals surface area contributed by atoms with Crippen molar-refractivity contribution in [3.63, 3.8) is 0 Å². The van der Waals surface area contributed by atoms with Crippen molar-refractivity contribution in [2.24, 2.45) is 0 Å². The lowest BCUT2D eigenvalue weighted by Gasteiger charge is -2.28. The van der Waals surface area contributed by atoms with E-state index in [0.29, 0.717) is 32.1 Å². The maximum absolute atomic E-state index is 12.1. The summed E-state index contributed by atoms with van der Waals surface area (Å²) in [6.45, 7) is 7.07. The van der Waals surface area contributed by atoms with Crippen LogP contribution in [0.5, 0.6) is 5.75 Å². The number of hydrogen-bond acceptors (Lipinski definition) is 6. The molecule has 0 aliphatic carbocycles. The molecule has 0 spiro atoms. The molecule has 1 aliphatic rings. The molecular weight excluding hydrogens is 364 g/mol. The number of esters is 1. The van der Waals surface area contributed by atoms with Crippen LogP contribution < -0.4 is 4.74 Å². The molecule has 1 aliphatic heterocycles. The maximum Gasteiger partial charge on any atom is 0.344 e. The summed E-state index contributed by atoms with van der Waals surface area (Å²) in [6.07, 6.45) is 0. The first-order valence-electron chi connectivity index (χ1n) is 9.23. The number of aryl methyl sites for hydroxylation is 3. The minimum Gasteiger partial charge on any atom is -0.481 e. The molecule has 154 valence electrons. The fourth-order valence-corrected chi connectivity index (χ4v) is 3.02. The van der Waals surface area contributed by atoms with Crippen LogP contribution in [0.15, 0.2) is 12.1 Å². The van der Waals surface area contributed by atoms with Gasteiger partial charge in [-0.2, -0.15) is 0 Å². The van der Waals surface area contributed by atoms with Gasteiger partial charge in [-0.1, -0.05) is 17.7 Å². The Morgan fingerprint density at radius 3 is 2.29 bits per heavy atom. The molecule has 28 heavy (non-hydrogen) atoms. The molecule has 0 N–H and O–H groups in total. The average Bonchev–Trinajstić information content (AvgIpc) is 2.65. The highest BCUT2D eigenvalue weighted by molar-refractivity contribution is 5.86. The number of carbonyl (C=O) groups is 3. The summed E-state index contributed by atoms with van der Waals surface area (Å²) < 4.78 is 15.7. The van der Waals surface area contributed by atoms with Crippen LogP contribution in [0.4, 0.5) is 0 Å². The van der Waals surface area contributed by atoms with Crippen molar-refractivity contribution in [3.05, 3.63) is 28.8 Å². The number of likely N-dealkylation sites (N-methyl/N-ethyl adjacent to an activating group) is 1. The van der Waals surface area contributed by atoms with Crippen LogP contribution in [0.1, 0.15) is 16.7 Å². The Balaban J connectivity index is 1.74. The van der Waals surface area contributed by atoms with Gasteiger partial charge in [0.05, 0.1) is 19.8 Å². The molecule has 0 aromatic heterocycles. The molecule has 0 radical (unpaired) electrons. The number of amides is 2. The lowest BCUT2D eigenvalue weighted by molar-refractivity contribution is -0.154. The lowest BCUT2D eigenvalue weighted by Crippen LogP contribution is -2.46. The van der Waals surface area contributed by atoms with Crippen LogP contribution in [0.2, 0.25) is 0 Å². The van der Waals surface area contributed by atoms with E-state index >= 15 is 0 Å². The van der Waals surface area contributed by atoms with Crippen LogP contribution in [0.25, 0.3) is 0 Å². The second-order valence-corrected chi connectivity index (χ2v) is 6.92. The zero-order chi connectivity index (χ0) is 20.7. The Labute approximate surface area is 165 Å². The first-order valence-corrected chi connectivity index (χ1v) is 9.23. The Morgan fingerprint density at radius 2 is 1.68 bits per heavy atom. The zero-order valence-corrected chi connectivity index (χ0v) is 16.9. The Hall–Kier alpha value is -2.61. The number of nitrogens with zero attached hydrogens (tertiary/aromatic N) is 2. The highest BCUT2D eigenvalue weighted by atomic mass is 16.6. The third kappa shape index (κ3) is 6.23. The number of rotatable bonds is 7. The van der Waals surface area contributed by atoms with Gasteiger partial charge in [-0.25, -0.2) is 4.79 Å². The summed E-state index contributed by atoms with van der Waals surface area (Å²) >= 11 is 0. The van der Waals surface area contributed by atoms with Gasteiger partial charge in [-0.15, -0.1) is 0 Å². The molecule has 2 rings (SSSR count). The Kier molecular flexibility index (Phi) is 7.80. The molecular formula is C20H28N2O6. The number of carbonyl (C=O) groups excluding carboxylic acids is 3. The zero-order valence-electron chi connectivity index (χ0n) is 16.9. The predicted molar refractivity (Wildman–Crippen MR) is 102 cm³/mol. The van der Waals surface area contributed by atoms with Gasteiger partial charge < -0.3 is 24.0 Å². The number of benzene rings is 1. The topological polar surface area (TPSA) is 85.4 Å². The van der Waals surface area contributed by atoms with Gasteiger partial charge in [0.2, 0.25) is 5.91 Å². The molecule has 1 aromatic rings. The van der Waals surface area contributed by atoms with Gasteiger partial charge in [0.1, 0.15) is 5.75 Å². The average molecular weight is 392 g/mol.